The molecule has 0 radical (unpaired) electrons. The molecule has 1 heterocycles. The molecule has 15 heavy (non-hydrogen) atoms. The van der Waals surface area contributed by atoms with Crippen LogP contribution in [0.4, 0.5) is 4.79 Å². The zero-order valence-electron chi connectivity index (χ0n) is 10.1. The molecule has 1 atom stereocenters. The molecule has 0 aliphatic carbocycles. The summed E-state index contributed by atoms with van der Waals surface area (Å²) in [5.74, 6) is 0. The van der Waals surface area contributed by atoms with Gasteiger partial charge in [0.25, 0.3) is 0 Å². The van der Waals surface area contributed by atoms with E-state index >= 15 is 0 Å². The maximum Gasteiger partial charge on any atom is 0.508 e. The Morgan fingerprint density at radius 1 is 1.47 bits per heavy atom. The van der Waals surface area contributed by atoms with Crippen LogP contribution in [0.5, 0.6) is 0 Å². The normalized spacial score (nSPS) is 22.5. The number of hydrogen-bond donors (Lipinski definition) is 0. The first-order valence-corrected chi connectivity index (χ1v) is 8.62. The molecule has 4 nitrogen and oxygen atoms in total. The van der Waals surface area contributed by atoms with Crippen LogP contribution in [-0.4, -0.2) is 32.8 Å². The van der Waals surface area contributed by atoms with Gasteiger partial charge in [-0.1, -0.05) is 0 Å². The van der Waals surface area contributed by atoms with Gasteiger partial charge in [-0.15, -0.1) is 0 Å². The third-order valence-corrected chi connectivity index (χ3v) is 3.12. The maximum atomic E-state index is 10.7. The van der Waals surface area contributed by atoms with Crippen LogP contribution < -0.4 is 0 Å². The first-order chi connectivity index (χ1) is 6.68. The molecule has 1 aliphatic rings. The molecule has 0 bridgehead atoms. The van der Waals surface area contributed by atoms with E-state index in [9.17, 15) is 4.79 Å². The first-order valence-electron chi connectivity index (χ1n) is 5.22. The lowest BCUT2D eigenvalue weighted by Gasteiger charge is -2.33. The van der Waals surface area contributed by atoms with Crippen LogP contribution in [0.2, 0.25) is 19.6 Å². The van der Waals surface area contributed by atoms with E-state index in [0.717, 1.165) is 0 Å². The minimum absolute atomic E-state index is 0.163. The lowest BCUT2D eigenvalue weighted by molar-refractivity contribution is 0.0402. The van der Waals surface area contributed by atoms with Crippen LogP contribution in [0.25, 0.3) is 0 Å². The van der Waals surface area contributed by atoms with Crippen LogP contribution in [0.15, 0.2) is 0 Å². The van der Waals surface area contributed by atoms with E-state index < -0.39 is 14.5 Å². The molecular formula is C10H20O4Si. The maximum absolute atomic E-state index is 10.7. The zero-order chi connectivity index (χ0) is 11.7. The Balaban J connectivity index is 2.45. The number of carbonyl (C=O) groups is 1. The summed E-state index contributed by atoms with van der Waals surface area (Å²) in [5, 5.41) is 0. The molecule has 0 aromatic carbocycles. The van der Waals surface area contributed by atoms with Crippen molar-refractivity contribution in [2.45, 2.75) is 51.6 Å². The van der Waals surface area contributed by atoms with Crippen LogP contribution in [0, 0.1) is 0 Å². The van der Waals surface area contributed by atoms with E-state index in [0.29, 0.717) is 13.0 Å². The van der Waals surface area contributed by atoms with Crippen LogP contribution in [0.1, 0.15) is 20.3 Å². The number of carbonyl (C=O) groups excluding carboxylic acids is 1. The predicted octanol–water partition coefficient (Wildman–Crippen LogP) is 2.54. The smallest absolute Gasteiger partial charge is 0.430 e. The summed E-state index contributed by atoms with van der Waals surface area (Å²) in [6.07, 6.45) is -0.0455. The quantitative estimate of drug-likeness (QED) is 0.552. The van der Waals surface area contributed by atoms with E-state index in [-0.39, 0.29) is 11.7 Å². The highest BCUT2D eigenvalue weighted by molar-refractivity contribution is 6.69. The predicted molar refractivity (Wildman–Crippen MR) is 59.3 cm³/mol. The van der Waals surface area contributed by atoms with E-state index in [2.05, 4.69) is 19.6 Å². The minimum atomic E-state index is -1.56. The molecule has 0 N–H and O–H groups in total. The van der Waals surface area contributed by atoms with Crippen molar-refractivity contribution in [2.75, 3.05) is 6.61 Å². The minimum Gasteiger partial charge on any atom is -0.430 e. The fourth-order valence-corrected chi connectivity index (χ4v) is 3.63. The van der Waals surface area contributed by atoms with Gasteiger partial charge in [-0.05, 0) is 33.5 Å². The van der Waals surface area contributed by atoms with Crippen LogP contribution in [-0.2, 0) is 13.9 Å². The van der Waals surface area contributed by atoms with Crippen molar-refractivity contribution >= 4 is 14.5 Å². The van der Waals surface area contributed by atoms with Crippen LogP contribution >= 0.6 is 0 Å². The summed E-state index contributed by atoms with van der Waals surface area (Å²) in [6, 6.07) is 0. The number of cyclic esters (lactones) is 2. The summed E-state index contributed by atoms with van der Waals surface area (Å²) in [4.78, 5) is 10.7. The lowest BCUT2D eigenvalue weighted by Crippen LogP contribution is -2.41. The Hall–Kier alpha value is -0.553. The van der Waals surface area contributed by atoms with Gasteiger partial charge in [0.2, 0.25) is 0 Å². The molecule has 1 fully saturated rings. The van der Waals surface area contributed by atoms with Gasteiger partial charge in [-0.3, -0.25) is 0 Å². The molecule has 0 amide bonds. The molecule has 0 aromatic heterocycles. The third-order valence-electron chi connectivity index (χ3n) is 1.95. The molecule has 1 saturated heterocycles. The van der Waals surface area contributed by atoms with Gasteiger partial charge in [0.1, 0.15) is 12.7 Å². The van der Waals surface area contributed by atoms with Crippen molar-refractivity contribution in [3.05, 3.63) is 0 Å². The zero-order valence-corrected chi connectivity index (χ0v) is 11.1. The average molecular weight is 232 g/mol. The summed E-state index contributed by atoms with van der Waals surface area (Å²) < 4.78 is 15.7. The third kappa shape index (κ3) is 4.66. The molecule has 0 saturated carbocycles. The van der Waals surface area contributed by atoms with E-state index in [1.54, 1.807) is 0 Å². The highest BCUT2D eigenvalue weighted by Gasteiger charge is 2.34. The van der Waals surface area contributed by atoms with Gasteiger partial charge in [0.05, 0.1) is 5.60 Å². The van der Waals surface area contributed by atoms with Crippen LogP contribution in [0.3, 0.4) is 0 Å². The summed E-state index contributed by atoms with van der Waals surface area (Å²) in [5.41, 5.74) is -0.261. The Morgan fingerprint density at radius 3 is 2.47 bits per heavy atom. The Bertz CT molecular complexity index is 244. The molecule has 0 aromatic rings. The average Bonchev–Trinajstić information content (AvgIpc) is 2.27. The van der Waals surface area contributed by atoms with Gasteiger partial charge >= 0.3 is 6.16 Å². The molecule has 5 heteroatoms. The Morgan fingerprint density at radius 2 is 2.07 bits per heavy atom. The van der Waals surface area contributed by atoms with Crippen molar-refractivity contribution in [2.24, 2.45) is 0 Å². The number of hydrogen-bond acceptors (Lipinski definition) is 4. The second kappa shape index (κ2) is 4.13. The monoisotopic (exact) mass is 232 g/mol. The highest BCUT2D eigenvalue weighted by Crippen LogP contribution is 2.25. The summed E-state index contributed by atoms with van der Waals surface area (Å²) >= 11 is 0. The van der Waals surface area contributed by atoms with Crippen molar-refractivity contribution in [1.82, 2.24) is 0 Å². The fraction of sp³-hybridized carbons (Fsp3) is 0.900. The second-order valence-corrected chi connectivity index (χ2v) is 9.91. The molecule has 0 spiro atoms. The van der Waals surface area contributed by atoms with E-state index in [1.807, 2.05) is 13.8 Å². The number of rotatable bonds is 4. The first kappa shape index (κ1) is 12.5. The molecule has 1 unspecified atom stereocenters. The van der Waals surface area contributed by atoms with Crippen molar-refractivity contribution < 1.29 is 18.7 Å². The Kier molecular flexibility index (Phi) is 3.45. The summed E-state index contributed by atoms with van der Waals surface area (Å²) in [6.45, 7) is 10.8. The van der Waals surface area contributed by atoms with Crippen molar-refractivity contribution in [3.8, 4) is 0 Å². The molecule has 1 aliphatic heterocycles. The van der Waals surface area contributed by atoms with Gasteiger partial charge in [-0.25, -0.2) is 4.79 Å². The lowest BCUT2D eigenvalue weighted by atomic mass is 10.0. The fourth-order valence-electron chi connectivity index (χ4n) is 1.88. The largest absolute Gasteiger partial charge is 0.508 e. The van der Waals surface area contributed by atoms with Gasteiger partial charge < -0.3 is 13.9 Å². The highest BCUT2D eigenvalue weighted by atomic mass is 28.4. The van der Waals surface area contributed by atoms with E-state index in [4.69, 9.17) is 13.9 Å². The topological polar surface area (TPSA) is 44.8 Å². The standard InChI is InChI=1S/C10H20O4Si/c1-10(2,14-15(3,4)5)6-8-7-12-9(11)13-8/h8H,6-7H2,1-5H3. The van der Waals surface area contributed by atoms with Gasteiger partial charge in [-0.2, -0.15) is 0 Å². The van der Waals surface area contributed by atoms with Gasteiger partial charge in [0, 0.05) is 6.42 Å². The molecular weight excluding hydrogens is 212 g/mol. The molecule has 1 rings (SSSR count). The van der Waals surface area contributed by atoms with Crippen molar-refractivity contribution in [3.63, 3.8) is 0 Å². The second-order valence-electron chi connectivity index (χ2n) is 5.48. The summed E-state index contributed by atoms with van der Waals surface area (Å²) in [7, 11) is -1.56. The van der Waals surface area contributed by atoms with Gasteiger partial charge in [0.15, 0.2) is 8.32 Å². The molecule has 88 valence electrons. The number of ether oxygens (including phenoxy) is 2. The SMILES string of the molecule is CC(C)(CC1COC(=O)O1)O[Si](C)(C)C. The van der Waals surface area contributed by atoms with E-state index in [1.165, 1.54) is 0 Å². The van der Waals surface area contributed by atoms with Crippen molar-refractivity contribution in [1.29, 1.82) is 0 Å². The Labute approximate surface area is 92.0 Å².